The lowest BCUT2D eigenvalue weighted by Crippen LogP contribution is -2.38. The number of ether oxygens (including phenoxy) is 1. The van der Waals surface area contributed by atoms with Gasteiger partial charge in [0.25, 0.3) is 0 Å². The molecular weight excluding hydrogens is 307 g/mol. The highest BCUT2D eigenvalue weighted by atomic mass is 35.5. The van der Waals surface area contributed by atoms with Crippen LogP contribution in [0.5, 0.6) is 5.88 Å². The van der Waals surface area contributed by atoms with Crippen LogP contribution in [0.25, 0.3) is 0 Å². The van der Waals surface area contributed by atoms with Crippen LogP contribution in [0.2, 0.25) is 5.02 Å². The number of aromatic nitrogens is 3. The molecule has 3 heterocycles. The summed E-state index contributed by atoms with van der Waals surface area (Å²) in [6, 6.07) is 3.52. The summed E-state index contributed by atoms with van der Waals surface area (Å²) in [7, 11) is 0. The van der Waals surface area contributed by atoms with Gasteiger partial charge in [-0.15, -0.1) is 0 Å². The quantitative estimate of drug-likeness (QED) is 0.866. The molecule has 0 aromatic carbocycles. The highest BCUT2D eigenvalue weighted by Gasteiger charge is 2.22. The van der Waals surface area contributed by atoms with Crippen molar-refractivity contribution in [2.24, 2.45) is 5.92 Å². The second-order valence-corrected chi connectivity index (χ2v) is 5.66. The smallest absolute Gasteiger partial charge is 0.232 e. The van der Waals surface area contributed by atoms with E-state index in [0.29, 0.717) is 29.4 Å². The molecule has 0 amide bonds. The van der Waals surface area contributed by atoms with E-state index in [1.807, 2.05) is 0 Å². The van der Waals surface area contributed by atoms with Crippen LogP contribution in [-0.2, 0) is 0 Å². The van der Waals surface area contributed by atoms with Gasteiger partial charge in [0.2, 0.25) is 11.8 Å². The molecule has 0 saturated carbocycles. The van der Waals surface area contributed by atoms with Crippen molar-refractivity contribution in [1.82, 2.24) is 15.0 Å². The Labute approximate surface area is 133 Å². The maximum absolute atomic E-state index is 12.9. The van der Waals surface area contributed by atoms with Gasteiger partial charge in [-0.05, 0) is 25.0 Å². The fraction of sp³-hybridized carbons (Fsp3) is 0.400. The lowest BCUT2D eigenvalue weighted by atomic mass is 9.99. The molecule has 3 rings (SSSR count). The molecule has 2 aromatic rings. The molecule has 1 saturated heterocycles. The van der Waals surface area contributed by atoms with Gasteiger partial charge >= 0.3 is 0 Å². The van der Waals surface area contributed by atoms with Crippen LogP contribution in [0.15, 0.2) is 30.7 Å². The highest BCUT2D eigenvalue weighted by molar-refractivity contribution is 6.31. The Bertz CT molecular complexity index is 625. The fourth-order valence-corrected chi connectivity index (χ4v) is 2.70. The minimum Gasteiger partial charge on any atom is -0.476 e. The van der Waals surface area contributed by atoms with Crippen molar-refractivity contribution in [2.45, 2.75) is 12.8 Å². The lowest BCUT2D eigenvalue weighted by molar-refractivity contribution is 0.221. The maximum atomic E-state index is 12.9. The molecule has 0 N–H and O–H groups in total. The van der Waals surface area contributed by atoms with Crippen LogP contribution in [0.4, 0.5) is 10.3 Å². The van der Waals surface area contributed by atoms with E-state index in [0.717, 1.165) is 25.9 Å². The Balaban J connectivity index is 1.59. The van der Waals surface area contributed by atoms with Gasteiger partial charge in [0, 0.05) is 25.2 Å². The van der Waals surface area contributed by atoms with Crippen molar-refractivity contribution < 1.29 is 9.13 Å². The zero-order valence-electron chi connectivity index (χ0n) is 12.0. The number of halogens is 2. The summed E-state index contributed by atoms with van der Waals surface area (Å²) in [5.74, 6) is 0.923. The molecule has 1 unspecified atom stereocenters. The second kappa shape index (κ2) is 6.87. The fourth-order valence-electron chi connectivity index (χ4n) is 2.53. The van der Waals surface area contributed by atoms with E-state index in [-0.39, 0.29) is 0 Å². The van der Waals surface area contributed by atoms with Crippen molar-refractivity contribution in [1.29, 1.82) is 0 Å². The van der Waals surface area contributed by atoms with Gasteiger partial charge in [-0.3, -0.25) is 0 Å². The first-order valence-electron chi connectivity index (χ1n) is 7.18. The molecule has 1 aliphatic heterocycles. The van der Waals surface area contributed by atoms with Crippen molar-refractivity contribution >= 4 is 17.5 Å². The Hall–Kier alpha value is -1.95. The average molecular weight is 323 g/mol. The zero-order chi connectivity index (χ0) is 15.4. The number of anilines is 1. The number of hydrogen-bond donors (Lipinski definition) is 0. The third-order valence-electron chi connectivity index (χ3n) is 3.59. The van der Waals surface area contributed by atoms with Gasteiger partial charge < -0.3 is 9.64 Å². The maximum Gasteiger partial charge on any atom is 0.232 e. The molecule has 5 nitrogen and oxygen atoms in total. The monoisotopic (exact) mass is 322 g/mol. The summed E-state index contributed by atoms with van der Waals surface area (Å²) in [6.45, 7) is 2.18. The van der Waals surface area contributed by atoms with Gasteiger partial charge in [0.1, 0.15) is 5.02 Å². The molecule has 22 heavy (non-hydrogen) atoms. The molecule has 0 radical (unpaired) electrons. The van der Waals surface area contributed by atoms with Gasteiger partial charge in [0.05, 0.1) is 19.0 Å². The Morgan fingerprint density at radius 1 is 1.32 bits per heavy atom. The van der Waals surface area contributed by atoms with E-state index in [1.54, 1.807) is 18.3 Å². The van der Waals surface area contributed by atoms with Crippen molar-refractivity contribution in [3.05, 3.63) is 41.6 Å². The van der Waals surface area contributed by atoms with Gasteiger partial charge in [-0.1, -0.05) is 11.6 Å². The molecule has 2 aromatic heterocycles. The normalized spacial score (nSPS) is 18.3. The Kier molecular flexibility index (Phi) is 4.68. The number of nitrogens with zero attached hydrogens (tertiary/aromatic N) is 4. The predicted octanol–water partition coefficient (Wildman–Crippen LogP) is 2.96. The van der Waals surface area contributed by atoms with Crippen LogP contribution < -0.4 is 9.64 Å². The average Bonchev–Trinajstić information content (AvgIpc) is 2.55. The molecule has 0 aliphatic carbocycles. The summed E-state index contributed by atoms with van der Waals surface area (Å²) in [4.78, 5) is 14.2. The van der Waals surface area contributed by atoms with Crippen LogP contribution in [0.1, 0.15) is 12.8 Å². The van der Waals surface area contributed by atoms with Crippen LogP contribution in [0, 0.1) is 11.7 Å². The van der Waals surface area contributed by atoms with Crippen LogP contribution >= 0.6 is 11.6 Å². The zero-order valence-corrected chi connectivity index (χ0v) is 12.7. The Morgan fingerprint density at radius 3 is 2.91 bits per heavy atom. The van der Waals surface area contributed by atoms with E-state index >= 15 is 0 Å². The molecule has 116 valence electrons. The predicted molar refractivity (Wildman–Crippen MR) is 81.7 cm³/mol. The topological polar surface area (TPSA) is 51.1 Å². The van der Waals surface area contributed by atoms with Crippen molar-refractivity contribution in [3.8, 4) is 5.88 Å². The minimum absolute atomic E-state index is 0.334. The summed E-state index contributed by atoms with van der Waals surface area (Å²) in [6.07, 6.45) is 6.11. The first-order valence-corrected chi connectivity index (χ1v) is 7.56. The first kappa shape index (κ1) is 15.0. The number of piperidine rings is 1. The number of pyridine rings is 1. The third kappa shape index (κ3) is 3.62. The summed E-state index contributed by atoms with van der Waals surface area (Å²) in [5, 5.41) is 0.511. The van der Waals surface area contributed by atoms with E-state index in [2.05, 4.69) is 19.9 Å². The highest BCUT2D eigenvalue weighted by Crippen LogP contribution is 2.24. The SMILES string of the molecule is Fc1cnc(N2CCCC(COc3ncccc3Cl)C2)nc1. The number of rotatable bonds is 4. The van der Waals surface area contributed by atoms with E-state index in [9.17, 15) is 4.39 Å². The second-order valence-electron chi connectivity index (χ2n) is 5.26. The van der Waals surface area contributed by atoms with Crippen LogP contribution in [0.3, 0.4) is 0 Å². The first-order chi connectivity index (χ1) is 10.7. The van der Waals surface area contributed by atoms with E-state index < -0.39 is 5.82 Å². The Morgan fingerprint density at radius 2 is 2.14 bits per heavy atom. The summed E-state index contributed by atoms with van der Waals surface area (Å²) in [5.41, 5.74) is 0. The van der Waals surface area contributed by atoms with E-state index in [1.165, 1.54) is 12.4 Å². The molecule has 7 heteroatoms. The number of hydrogen-bond acceptors (Lipinski definition) is 5. The molecular formula is C15H16ClFN4O. The van der Waals surface area contributed by atoms with Crippen molar-refractivity contribution in [2.75, 3.05) is 24.6 Å². The standard InChI is InChI=1S/C15H16ClFN4O/c16-13-4-1-5-18-14(13)22-10-11-3-2-6-21(9-11)15-19-7-12(17)8-20-15/h1,4-5,7-8,11H,2-3,6,9-10H2. The minimum atomic E-state index is -0.426. The van der Waals surface area contributed by atoms with Crippen molar-refractivity contribution in [3.63, 3.8) is 0 Å². The van der Waals surface area contributed by atoms with E-state index in [4.69, 9.17) is 16.3 Å². The lowest BCUT2D eigenvalue weighted by Gasteiger charge is -2.32. The molecule has 1 atom stereocenters. The van der Waals surface area contributed by atoms with Gasteiger partial charge in [-0.2, -0.15) is 0 Å². The van der Waals surface area contributed by atoms with Gasteiger partial charge in [0.15, 0.2) is 5.82 Å². The molecule has 1 aliphatic rings. The van der Waals surface area contributed by atoms with Gasteiger partial charge in [-0.25, -0.2) is 19.3 Å². The molecule has 0 spiro atoms. The van der Waals surface area contributed by atoms with Crippen LogP contribution in [-0.4, -0.2) is 34.6 Å². The third-order valence-corrected chi connectivity index (χ3v) is 3.88. The largest absolute Gasteiger partial charge is 0.476 e. The summed E-state index contributed by atoms with van der Waals surface area (Å²) >= 11 is 6.03. The summed E-state index contributed by atoms with van der Waals surface area (Å²) < 4.78 is 18.6. The molecule has 1 fully saturated rings. The molecule has 0 bridgehead atoms.